The van der Waals surface area contributed by atoms with Crippen molar-refractivity contribution in [3.05, 3.63) is 64.1 Å². The minimum Gasteiger partial charge on any atom is -0.497 e. The summed E-state index contributed by atoms with van der Waals surface area (Å²) in [5.41, 5.74) is 0.506. The summed E-state index contributed by atoms with van der Waals surface area (Å²) < 4.78 is 5.02. The van der Waals surface area contributed by atoms with Crippen molar-refractivity contribution in [2.75, 3.05) is 7.11 Å². The number of carbonyl (C=O) groups is 1. The summed E-state index contributed by atoms with van der Waals surface area (Å²) >= 11 is 0. The average Bonchev–Trinajstić information content (AvgIpc) is 2.46. The van der Waals surface area contributed by atoms with E-state index in [4.69, 9.17) is 4.74 Å². The molecule has 0 aliphatic carbocycles. The van der Waals surface area contributed by atoms with Gasteiger partial charge < -0.3 is 14.8 Å². The summed E-state index contributed by atoms with van der Waals surface area (Å²) in [4.78, 5) is 25.5. The molecular weight excluding hydrogens is 258 g/mol. The topological polar surface area (TPSA) is 79.4 Å². The number of benzene rings is 1. The third-order valence-corrected chi connectivity index (χ3v) is 2.78. The normalized spacial score (nSPS) is 11.2. The molecule has 0 spiro atoms. The van der Waals surface area contributed by atoms with Crippen LogP contribution in [0.5, 0.6) is 5.75 Å². The number of hydrogen-bond donors (Lipinski definition) is 2. The number of carboxylic acid groups (broad SMARTS) is 1. The monoisotopic (exact) mass is 271 g/mol. The number of carboxylic acids is 1. The Balaban J connectivity index is 2.48. The summed E-state index contributed by atoms with van der Waals surface area (Å²) in [5, 5.41) is 9.29. The number of ether oxygens (including phenoxy) is 1. The van der Waals surface area contributed by atoms with Gasteiger partial charge in [0.1, 0.15) is 5.75 Å². The summed E-state index contributed by atoms with van der Waals surface area (Å²) in [6.07, 6.45) is 2.84. The van der Waals surface area contributed by atoms with E-state index in [-0.39, 0.29) is 11.1 Å². The molecule has 1 aromatic carbocycles. The van der Waals surface area contributed by atoms with Crippen molar-refractivity contribution in [3.63, 3.8) is 0 Å². The molecule has 0 aliphatic rings. The SMILES string of the molecule is COc1ccc(/C(=C\c2ccc[nH]c2=O)C(=O)O)cc1. The lowest BCUT2D eigenvalue weighted by molar-refractivity contribution is -0.130. The molecule has 102 valence electrons. The Morgan fingerprint density at radius 2 is 1.95 bits per heavy atom. The van der Waals surface area contributed by atoms with Gasteiger partial charge in [-0.25, -0.2) is 4.79 Å². The highest BCUT2D eigenvalue weighted by atomic mass is 16.5. The summed E-state index contributed by atoms with van der Waals surface area (Å²) in [6.45, 7) is 0. The lowest BCUT2D eigenvalue weighted by atomic mass is 10.0. The first-order chi connectivity index (χ1) is 9.61. The third kappa shape index (κ3) is 2.95. The molecule has 0 unspecified atom stereocenters. The molecule has 5 nitrogen and oxygen atoms in total. The summed E-state index contributed by atoms with van der Waals surface area (Å²) in [7, 11) is 1.53. The number of H-pyrrole nitrogens is 1. The van der Waals surface area contributed by atoms with Crippen molar-refractivity contribution in [3.8, 4) is 5.75 Å². The zero-order valence-electron chi connectivity index (χ0n) is 10.8. The zero-order chi connectivity index (χ0) is 14.5. The first-order valence-electron chi connectivity index (χ1n) is 5.89. The molecule has 0 aliphatic heterocycles. The van der Waals surface area contributed by atoms with E-state index in [1.807, 2.05) is 0 Å². The molecule has 1 heterocycles. The van der Waals surface area contributed by atoms with E-state index >= 15 is 0 Å². The van der Waals surface area contributed by atoms with E-state index < -0.39 is 5.97 Å². The van der Waals surface area contributed by atoms with Crippen LogP contribution in [-0.2, 0) is 4.79 Å². The maximum absolute atomic E-state index is 11.6. The fraction of sp³-hybridized carbons (Fsp3) is 0.0667. The van der Waals surface area contributed by atoms with Crippen LogP contribution in [0.4, 0.5) is 0 Å². The Morgan fingerprint density at radius 1 is 1.25 bits per heavy atom. The van der Waals surface area contributed by atoms with E-state index in [2.05, 4.69) is 4.98 Å². The molecule has 0 fully saturated rings. The lowest BCUT2D eigenvalue weighted by Crippen LogP contribution is -2.09. The van der Waals surface area contributed by atoms with Crippen LogP contribution in [0.15, 0.2) is 47.4 Å². The molecule has 0 bridgehead atoms. The Bertz CT molecular complexity index is 698. The molecular formula is C15H13NO4. The highest BCUT2D eigenvalue weighted by molar-refractivity contribution is 6.20. The van der Waals surface area contributed by atoms with Gasteiger partial charge >= 0.3 is 5.97 Å². The van der Waals surface area contributed by atoms with Gasteiger partial charge in [-0.05, 0) is 35.9 Å². The smallest absolute Gasteiger partial charge is 0.336 e. The van der Waals surface area contributed by atoms with Crippen LogP contribution in [-0.4, -0.2) is 23.2 Å². The maximum atomic E-state index is 11.6. The number of aliphatic carboxylic acids is 1. The molecule has 0 saturated heterocycles. The van der Waals surface area contributed by atoms with Crippen molar-refractivity contribution in [2.24, 2.45) is 0 Å². The lowest BCUT2D eigenvalue weighted by Gasteiger charge is -2.04. The van der Waals surface area contributed by atoms with Crippen molar-refractivity contribution in [1.82, 2.24) is 4.98 Å². The molecule has 2 aromatic rings. The van der Waals surface area contributed by atoms with E-state index in [1.54, 1.807) is 36.4 Å². The second kappa shape index (κ2) is 5.88. The molecule has 20 heavy (non-hydrogen) atoms. The van der Waals surface area contributed by atoms with E-state index in [0.29, 0.717) is 16.9 Å². The predicted molar refractivity (Wildman–Crippen MR) is 75.6 cm³/mol. The van der Waals surface area contributed by atoms with Crippen LogP contribution in [0.25, 0.3) is 11.6 Å². The average molecular weight is 271 g/mol. The van der Waals surface area contributed by atoms with E-state index in [1.165, 1.54) is 19.4 Å². The number of nitrogens with one attached hydrogen (secondary N) is 1. The number of pyridine rings is 1. The molecule has 1 aromatic heterocycles. The number of methoxy groups -OCH3 is 1. The van der Waals surface area contributed by atoms with Gasteiger partial charge in [0.15, 0.2) is 0 Å². The molecule has 0 radical (unpaired) electrons. The van der Waals surface area contributed by atoms with E-state index in [0.717, 1.165) is 0 Å². The highest BCUT2D eigenvalue weighted by Gasteiger charge is 2.11. The number of hydrogen-bond acceptors (Lipinski definition) is 3. The first kappa shape index (κ1) is 13.6. The van der Waals surface area contributed by atoms with Crippen LogP contribution in [0.3, 0.4) is 0 Å². The maximum Gasteiger partial charge on any atom is 0.336 e. The van der Waals surface area contributed by atoms with Gasteiger partial charge in [0.25, 0.3) is 5.56 Å². The fourth-order valence-electron chi connectivity index (χ4n) is 1.74. The summed E-state index contributed by atoms with van der Waals surface area (Å²) in [5.74, 6) is -0.463. The minimum atomic E-state index is -1.10. The van der Waals surface area contributed by atoms with Crippen molar-refractivity contribution in [2.45, 2.75) is 0 Å². The fourth-order valence-corrected chi connectivity index (χ4v) is 1.74. The van der Waals surface area contributed by atoms with Gasteiger partial charge in [-0.3, -0.25) is 4.79 Å². The largest absolute Gasteiger partial charge is 0.497 e. The van der Waals surface area contributed by atoms with Crippen LogP contribution in [0, 0.1) is 0 Å². The van der Waals surface area contributed by atoms with Crippen molar-refractivity contribution < 1.29 is 14.6 Å². The molecule has 0 atom stereocenters. The molecule has 2 rings (SSSR count). The van der Waals surface area contributed by atoms with Crippen molar-refractivity contribution >= 4 is 17.6 Å². The van der Waals surface area contributed by atoms with Crippen LogP contribution in [0.2, 0.25) is 0 Å². The minimum absolute atomic E-state index is 0.0457. The zero-order valence-corrected chi connectivity index (χ0v) is 10.8. The van der Waals surface area contributed by atoms with E-state index in [9.17, 15) is 14.7 Å². The Morgan fingerprint density at radius 3 is 2.50 bits per heavy atom. The second-order valence-corrected chi connectivity index (χ2v) is 4.05. The molecule has 0 amide bonds. The Kier molecular flexibility index (Phi) is 4.00. The third-order valence-electron chi connectivity index (χ3n) is 2.78. The van der Waals surface area contributed by atoms with Crippen LogP contribution < -0.4 is 10.3 Å². The summed E-state index contributed by atoms with van der Waals surface area (Å²) in [6, 6.07) is 9.81. The molecule has 5 heteroatoms. The van der Waals surface area contributed by atoms with Gasteiger partial charge in [-0.1, -0.05) is 12.1 Å². The quantitative estimate of drug-likeness (QED) is 0.834. The van der Waals surface area contributed by atoms with Crippen LogP contribution in [0.1, 0.15) is 11.1 Å². The van der Waals surface area contributed by atoms with Crippen molar-refractivity contribution in [1.29, 1.82) is 0 Å². The highest BCUT2D eigenvalue weighted by Crippen LogP contribution is 2.20. The standard InChI is InChI=1S/C15H13NO4/c1-20-12-6-4-10(5-7-12)13(15(18)19)9-11-3-2-8-16-14(11)17/h2-9H,1H3,(H,16,17)(H,18,19)/b13-9+. The Labute approximate surface area is 115 Å². The van der Waals surface area contributed by atoms with Gasteiger partial charge in [0.2, 0.25) is 0 Å². The molecule has 0 saturated carbocycles. The van der Waals surface area contributed by atoms with Gasteiger partial charge in [-0.15, -0.1) is 0 Å². The van der Waals surface area contributed by atoms with Gasteiger partial charge in [0, 0.05) is 11.8 Å². The molecule has 2 N–H and O–H groups in total. The number of rotatable bonds is 4. The van der Waals surface area contributed by atoms with Gasteiger partial charge in [0.05, 0.1) is 12.7 Å². The number of aromatic nitrogens is 1. The van der Waals surface area contributed by atoms with Gasteiger partial charge in [-0.2, -0.15) is 0 Å². The number of aromatic amines is 1. The predicted octanol–water partition coefficient (Wildman–Crippen LogP) is 2.01. The second-order valence-electron chi connectivity index (χ2n) is 4.05. The Hall–Kier alpha value is -2.82. The first-order valence-corrected chi connectivity index (χ1v) is 5.89. The van der Waals surface area contributed by atoms with Crippen LogP contribution >= 0.6 is 0 Å².